The fourth-order valence-electron chi connectivity index (χ4n) is 0. The zero-order chi connectivity index (χ0) is 0. The molecule has 0 aliphatic carbocycles. The SMILES string of the molecule is [Al+3].[Cl-].[Cl-].[Cl-].[Cl-].[Cl-].[SnH2+2]. The van der Waals surface area contributed by atoms with Crippen molar-refractivity contribution in [1.29, 1.82) is 0 Å². The molecule has 0 aromatic carbocycles. The fourth-order valence-corrected chi connectivity index (χ4v) is 0. The summed E-state index contributed by atoms with van der Waals surface area (Å²) in [5.74, 6) is 0. The Labute approximate surface area is 102 Å². The Morgan fingerprint density at radius 2 is 0.429 bits per heavy atom. The summed E-state index contributed by atoms with van der Waals surface area (Å²) >= 11 is 0. The molecule has 0 nitrogen and oxygen atoms in total. The van der Waals surface area contributed by atoms with Crippen LogP contribution in [0.15, 0.2) is 0 Å². The van der Waals surface area contributed by atoms with Crippen molar-refractivity contribution < 1.29 is 62.0 Å². The van der Waals surface area contributed by atoms with E-state index in [2.05, 4.69) is 0 Å². The van der Waals surface area contributed by atoms with E-state index in [0.29, 0.717) is 0 Å². The van der Waals surface area contributed by atoms with Crippen LogP contribution in [0.25, 0.3) is 0 Å². The molecule has 0 rings (SSSR count). The van der Waals surface area contributed by atoms with Crippen molar-refractivity contribution in [2.75, 3.05) is 0 Å². The third kappa shape index (κ3) is 52.2. The van der Waals surface area contributed by atoms with Crippen LogP contribution in [0.5, 0.6) is 0 Å². The van der Waals surface area contributed by atoms with Crippen molar-refractivity contribution in [2.45, 2.75) is 0 Å². The summed E-state index contributed by atoms with van der Waals surface area (Å²) in [5.41, 5.74) is 0. The summed E-state index contributed by atoms with van der Waals surface area (Å²) in [6.07, 6.45) is 0. The Bertz CT molecular complexity index is 8.04. The molecule has 44 valence electrons. The average molecular weight is 325 g/mol. The summed E-state index contributed by atoms with van der Waals surface area (Å²) in [6, 6.07) is 0. The molecule has 0 spiro atoms. The third-order valence-corrected chi connectivity index (χ3v) is 0. The summed E-state index contributed by atoms with van der Waals surface area (Å²) in [7, 11) is 0. The minimum absolute atomic E-state index is 0. The predicted octanol–water partition coefficient (Wildman–Crippen LogP) is -16.3. The van der Waals surface area contributed by atoms with Gasteiger partial charge in [-0.25, -0.2) is 0 Å². The van der Waals surface area contributed by atoms with Gasteiger partial charge in [-0.15, -0.1) is 0 Å². The van der Waals surface area contributed by atoms with Gasteiger partial charge in [-0.2, -0.15) is 0 Å². The predicted molar refractivity (Wildman–Crippen MR) is 14.3 cm³/mol. The average Bonchev–Trinajstić information content (AvgIpc) is 0. The van der Waals surface area contributed by atoms with Gasteiger partial charge in [-0.05, 0) is 0 Å². The van der Waals surface area contributed by atoms with Gasteiger partial charge in [0, 0.05) is 0 Å². The summed E-state index contributed by atoms with van der Waals surface area (Å²) in [4.78, 5) is 0. The molecule has 0 saturated carbocycles. The molecule has 0 aromatic rings. The molecule has 0 aromatic heterocycles. The fraction of sp³-hybridized carbons (Fsp3) is 0. The summed E-state index contributed by atoms with van der Waals surface area (Å²) in [6.45, 7) is 0. The Morgan fingerprint density at radius 1 is 0.429 bits per heavy atom. The molecule has 0 N–H and O–H groups in total. The van der Waals surface area contributed by atoms with Crippen LogP contribution in [0.3, 0.4) is 0 Å². The molecule has 0 aliphatic rings. The number of hydrogen-bond acceptors (Lipinski definition) is 0. The third-order valence-electron chi connectivity index (χ3n) is 0. The van der Waals surface area contributed by atoms with E-state index in [-0.39, 0.29) is 103 Å². The van der Waals surface area contributed by atoms with Crippen molar-refractivity contribution in [1.82, 2.24) is 0 Å². The summed E-state index contributed by atoms with van der Waals surface area (Å²) < 4.78 is 0. The molecule has 0 amide bonds. The Kier molecular flexibility index (Phi) is 957. The molecule has 0 atom stereocenters. The first-order valence-electron chi connectivity index (χ1n) is 0. The first-order valence-corrected chi connectivity index (χ1v) is 0. The first kappa shape index (κ1) is 97.5. The summed E-state index contributed by atoms with van der Waals surface area (Å²) in [5, 5.41) is 0. The van der Waals surface area contributed by atoms with Crippen LogP contribution in [0, 0.1) is 0 Å². The van der Waals surface area contributed by atoms with E-state index in [4.69, 9.17) is 0 Å². The van der Waals surface area contributed by atoms with E-state index in [1.807, 2.05) is 0 Å². The van der Waals surface area contributed by atoms with Crippen LogP contribution in [0.2, 0.25) is 0 Å². The van der Waals surface area contributed by atoms with Gasteiger partial charge in [-0.1, -0.05) is 0 Å². The number of halogens is 5. The zero-order valence-corrected chi connectivity index (χ0v) is 12.1. The Hall–Kier alpha value is 2.78. The Balaban J connectivity index is 0. The second-order valence-corrected chi connectivity index (χ2v) is 0. The molecule has 7 heavy (non-hydrogen) atoms. The topological polar surface area (TPSA) is 0 Å². The molecule has 0 aliphatic heterocycles. The first-order chi connectivity index (χ1) is 0. The van der Waals surface area contributed by atoms with Crippen LogP contribution in [0.1, 0.15) is 0 Å². The van der Waals surface area contributed by atoms with Gasteiger partial charge >= 0.3 is 41.3 Å². The molecule has 0 bridgehead atoms. The van der Waals surface area contributed by atoms with E-state index in [0.717, 1.165) is 0 Å². The minimum atomic E-state index is 0. The maximum absolute atomic E-state index is 0. The quantitative estimate of drug-likeness (QED) is 0.388. The standard InChI is InChI=1S/Al.5ClH.Sn.2H/h;5*1H;;;/q+3;;;;;;+2;;/p-5. The van der Waals surface area contributed by atoms with Gasteiger partial charge in [0.15, 0.2) is 0 Å². The van der Waals surface area contributed by atoms with Crippen LogP contribution >= 0.6 is 0 Å². The molecular formula is H2AlCl5Sn. The zero-order valence-electron chi connectivity index (χ0n) is 3.17. The van der Waals surface area contributed by atoms with Crippen LogP contribution < -0.4 is 62.0 Å². The van der Waals surface area contributed by atoms with Crippen molar-refractivity contribution in [3.05, 3.63) is 0 Å². The molecule has 0 radical (unpaired) electrons. The van der Waals surface area contributed by atoms with Crippen molar-refractivity contribution in [2.24, 2.45) is 0 Å². The normalized spacial score (nSPS) is 0. The molecule has 0 fully saturated rings. The van der Waals surface area contributed by atoms with Gasteiger partial charge in [0.2, 0.25) is 0 Å². The maximum atomic E-state index is 0. The molecular weight excluding hydrogens is 323 g/mol. The molecule has 0 heterocycles. The van der Waals surface area contributed by atoms with Crippen LogP contribution in [-0.2, 0) is 0 Å². The number of hydrogen-bond donors (Lipinski definition) is 0. The van der Waals surface area contributed by atoms with Crippen molar-refractivity contribution >= 4 is 41.3 Å². The monoisotopic (exact) mass is 324 g/mol. The van der Waals surface area contributed by atoms with Crippen LogP contribution in [-0.4, -0.2) is 41.3 Å². The second-order valence-electron chi connectivity index (χ2n) is 0. The van der Waals surface area contributed by atoms with Crippen molar-refractivity contribution in [3.8, 4) is 0 Å². The second kappa shape index (κ2) is 68.7. The van der Waals surface area contributed by atoms with E-state index in [1.54, 1.807) is 0 Å². The van der Waals surface area contributed by atoms with Gasteiger partial charge in [-0.3, -0.25) is 0 Å². The Morgan fingerprint density at radius 3 is 0.429 bits per heavy atom. The van der Waals surface area contributed by atoms with E-state index in [9.17, 15) is 0 Å². The van der Waals surface area contributed by atoms with Crippen molar-refractivity contribution in [3.63, 3.8) is 0 Å². The molecule has 0 saturated heterocycles. The number of rotatable bonds is 0. The van der Waals surface area contributed by atoms with E-state index in [1.165, 1.54) is 0 Å². The van der Waals surface area contributed by atoms with Gasteiger partial charge in [0.05, 0.1) is 0 Å². The molecule has 7 heteroatoms. The van der Waals surface area contributed by atoms with Gasteiger partial charge in [0.1, 0.15) is 0 Å². The van der Waals surface area contributed by atoms with Gasteiger partial charge in [0.25, 0.3) is 0 Å². The molecule has 0 unspecified atom stereocenters. The van der Waals surface area contributed by atoms with E-state index < -0.39 is 0 Å². The van der Waals surface area contributed by atoms with Crippen LogP contribution in [0.4, 0.5) is 0 Å². The van der Waals surface area contributed by atoms with E-state index >= 15 is 0 Å². The van der Waals surface area contributed by atoms with Gasteiger partial charge < -0.3 is 62.0 Å².